The molecule has 3 N–H and O–H groups in total. The Morgan fingerprint density at radius 3 is 2.38 bits per heavy atom. The number of rotatable bonds is 9. The lowest BCUT2D eigenvalue weighted by Gasteiger charge is -2.33. The maximum absolute atomic E-state index is 11.9. The quantitative estimate of drug-likeness (QED) is 0.559. The van der Waals surface area contributed by atoms with Crippen molar-refractivity contribution in [3.8, 4) is 0 Å². The summed E-state index contributed by atoms with van der Waals surface area (Å²) in [6, 6.07) is 0. The van der Waals surface area contributed by atoms with E-state index in [2.05, 4.69) is 10.6 Å². The molecular formula is C15H26N2O4. The first kappa shape index (κ1) is 17.5. The SMILES string of the molecule is CC(C)C(C)(CC(=O)O)NC(=O)CCCNC(=O)C1CC1. The molecule has 6 heteroatoms. The average molecular weight is 298 g/mol. The molecule has 2 amide bonds. The molecule has 1 atom stereocenters. The molecule has 0 heterocycles. The Balaban J connectivity index is 2.29. The third-order valence-electron chi connectivity index (χ3n) is 4.05. The predicted octanol–water partition coefficient (Wildman–Crippen LogP) is 1.30. The number of hydrogen-bond acceptors (Lipinski definition) is 3. The Hall–Kier alpha value is -1.59. The molecule has 0 aromatic rings. The molecule has 0 aromatic heterocycles. The van der Waals surface area contributed by atoms with E-state index in [1.54, 1.807) is 6.92 Å². The minimum Gasteiger partial charge on any atom is -0.481 e. The van der Waals surface area contributed by atoms with Crippen molar-refractivity contribution in [3.63, 3.8) is 0 Å². The first-order valence-corrected chi connectivity index (χ1v) is 7.55. The van der Waals surface area contributed by atoms with Crippen LogP contribution in [0.3, 0.4) is 0 Å². The minimum atomic E-state index is -0.928. The second-order valence-electron chi connectivity index (χ2n) is 6.36. The van der Waals surface area contributed by atoms with Crippen LogP contribution in [-0.2, 0) is 14.4 Å². The summed E-state index contributed by atoms with van der Waals surface area (Å²) in [7, 11) is 0. The molecular weight excluding hydrogens is 272 g/mol. The van der Waals surface area contributed by atoms with Crippen LogP contribution < -0.4 is 10.6 Å². The lowest BCUT2D eigenvalue weighted by Crippen LogP contribution is -2.51. The Labute approximate surface area is 125 Å². The van der Waals surface area contributed by atoms with Gasteiger partial charge in [0.25, 0.3) is 0 Å². The minimum absolute atomic E-state index is 0.0205. The van der Waals surface area contributed by atoms with Gasteiger partial charge in [0.1, 0.15) is 0 Å². The highest BCUT2D eigenvalue weighted by Gasteiger charge is 2.32. The number of hydrogen-bond donors (Lipinski definition) is 3. The van der Waals surface area contributed by atoms with Gasteiger partial charge in [-0.05, 0) is 32.1 Å². The Kier molecular flexibility index (Phi) is 6.18. The Bertz CT molecular complexity index is 404. The summed E-state index contributed by atoms with van der Waals surface area (Å²) in [4.78, 5) is 34.2. The summed E-state index contributed by atoms with van der Waals surface area (Å²) in [5.41, 5.74) is -0.750. The van der Waals surface area contributed by atoms with Crippen molar-refractivity contribution in [1.82, 2.24) is 10.6 Å². The summed E-state index contributed by atoms with van der Waals surface area (Å²) in [6.07, 6.45) is 2.68. The van der Waals surface area contributed by atoms with Crippen LogP contribution in [0, 0.1) is 11.8 Å². The molecule has 0 bridgehead atoms. The average Bonchev–Trinajstić information content (AvgIpc) is 3.17. The highest BCUT2D eigenvalue weighted by Crippen LogP contribution is 2.28. The van der Waals surface area contributed by atoms with Crippen molar-refractivity contribution in [2.75, 3.05) is 6.54 Å². The van der Waals surface area contributed by atoms with Crippen molar-refractivity contribution >= 4 is 17.8 Å². The highest BCUT2D eigenvalue weighted by molar-refractivity contribution is 5.81. The fourth-order valence-electron chi connectivity index (χ4n) is 2.04. The molecule has 0 radical (unpaired) electrons. The maximum atomic E-state index is 11.9. The zero-order valence-electron chi connectivity index (χ0n) is 13.1. The smallest absolute Gasteiger partial charge is 0.305 e. The van der Waals surface area contributed by atoms with Crippen LogP contribution in [0.5, 0.6) is 0 Å². The summed E-state index contributed by atoms with van der Waals surface area (Å²) in [5.74, 6) is -0.824. The van der Waals surface area contributed by atoms with Gasteiger partial charge in [-0.25, -0.2) is 0 Å². The van der Waals surface area contributed by atoms with Crippen LogP contribution in [-0.4, -0.2) is 35.0 Å². The van der Waals surface area contributed by atoms with Gasteiger partial charge in [-0.3, -0.25) is 14.4 Å². The van der Waals surface area contributed by atoms with Gasteiger partial charge in [0.05, 0.1) is 6.42 Å². The van der Waals surface area contributed by atoms with E-state index in [1.165, 1.54) is 0 Å². The number of nitrogens with one attached hydrogen (secondary N) is 2. The maximum Gasteiger partial charge on any atom is 0.305 e. The number of carbonyl (C=O) groups excluding carboxylic acids is 2. The predicted molar refractivity (Wildman–Crippen MR) is 78.6 cm³/mol. The molecule has 1 rings (SSSR count). The van der Waals surface area contributed by atoms with Crippen LogP contribution in [0.25, 0.3) is 0 Å². The number of carboxylic acids is 1. The van der Waals surface area contributed by atoms with Gasteiger partial charge in [-0.2, -0.15) is 0 Å². The molecule has 1 aliphatic carbocycles. The zero-order chi connectivity index (χ0) is 16.0. The molecule has 120 valence electrons. The fourth-order valence-corrected chi connectivity index (χ4v) is 2.04. The zero-order valence-corrected chi connectivity index (χ0v) is 13.1. The van der Waals surface area contributed by atoms with Crippen molar-refractivity contribution in [1.29, 1.82) is 0 Å². The highest BCUT2D eigenvalue weighted by atomic mass is 16.4. The van der Waals surface area contributed by atoms with E-state index in [9.17, 15) is 14.4 Å². The van der Waals surface area contributed by atoms with E-state index in [-0.39, 0.29) is 36.5 Å². The number of amides is 2. The van der Waals surface area contributed by atoms with Crippen molar-refractivity contribution in [3.05, 3.63) is 0 Å². The van der Waals surface area contributed by atoms with Gasteiger partial charge in [-0.15, -0.1) is 0 Å². The third-order valence-corrected chi connectivity index (χ3v) is 4.05. The van der Waals surface area contributed by atoms with Crippen LogP contribution in [0.15, 0.2) is 0 Å². The monoisotopic (exact) mass is 298 g/mol. The molecule has 0 aromatic carbocycles. The van der Waals surface area contributed by atoms with E-state index in [4.69, 9.17) is 5.11 Å². The Morgan fingerprint density at radius 2 is 1.90 bits per heavy atom. The normalized spacial score (nSPS) is 17.1. The van der Waals surface area contributed by atoms with Crippen molar-refractivity contribution in [2.24, 2.45) is 11.8 Å². The second-order valence-corrected chi connectivity index (χ2v) is 6.36. The molecule has 0 aliphatic heterocycles. The van der Waals surface area contributed by atoms with Gasteiger partial charge >= 0.3 is 5.97 Å². The first-order chi connectivity index (χ1) is 9.74. The Morgan fingerprint density at radius 1 is 1.29 bits per heavy atom. The van der Waals surface area contributed by atoms with Crippen LogP contribution in [0.1, 0.15) is 52.9 Å². The van der Waals surface area contributed by atoms with E-state index < -0.39 is 11.5 Å². The lowest BCUT2D eigenvalue weighted by molar-refractivity contribution is -0.139. The molecule has 1 aliphatic rings. The largest absolute Gasteiger partial charge is 0.481 e. The number of carbonyl (C=O) groups is 3. The molecule has 0 saturated heterocycles. The summed E-state index contributed by atoms with van der Waals surface area (Å²) in [5, 5.41) is 14.6. The lowest BCUT2D eigenvalue weighted by atomic mass is 9.85. The van der Waals surface area contributed by atoms with Crippen molar-refractivity contribution < 1.29 is 19.5 Å². The van der Waals surface area contributed by atoms with Crippen molar-refractivity contribution in [2.45, 2.75) is 58.4 Å². The van der Waals surface area contributed by atoms with E-state index in [0.717, 1.165) is 12.8 Å². The summed E-state index contributed by atoms with van der Waals surface area (Å²) < 4.78 is 0. The van der Waals surface area contributed by atoms with E-state index in [1.807, 2.05) is 13.8 Å². The number of carboxylic acid groups (broad SMARTS) is 1. The van der Waals surface area contributed by atoms with E-state index in [0.29, 0.717) is 13.0 Å². The molecule has 6 nitrogen and oxygen atoms in total. The van der Waals surface area contributed by atoms with Gasteiger partial charge in [-0.1, -0.05) is 13.8 Å². The van der Waals surface area contributed by atoms with Gasteiger partial charge in [0, 0.05) is 24.4 Å². The molecule has 1 fully saturated rings. The fraction of sp³-hybridized carbons (Fsp3) is 0.800. The van der Waals surface area contributed by atoms with Gasteiger partial charge in [0.15, 0.2) is 0 Å². The summed E-state index contributed by atoms with van der Waals surface area (Å²) in [6.45, 7) is 6.01. The van der Waals surface area contributed by atoms with Crippen LogP contribution in [0.2, 0.25) is 0 Å². The number of aliphatic carboxylic acids is 1. The van der Waals surface area contributed by atoms with E-state index >= 15 is 0 Å². The molecule has 1 saturated carbocycles. The molecule has 1 unspecified atom stereocenters. The molecule has 0 spiro atoms. The first-order valence-electron chi connectivity index (χ1n) is 7.55. The summed E-state index contributed by atoms with van der Waals surface area (Å²) >= 11 is 0. The van der Waals surface area contributed by atoms with Gasteiger partial charge in [0.2, 0.25) is 11.8 Å². The van der Waals surface area contributed by atoms with Crippen LogP contribution >= 0.6 is 0 Å². The van der Waals surface area contributed by atoms with Crippen LogP contribution in [0.4, 0.5) is 0 Å². The molecule has 21 heavy (non-hydrogen) atoms. The third kappa shape index (κ3) is 6.14. The second kappa shape index (κ2) is 7.43. The standard InChI is InChI=1S/C15H26N2O4/c1-10(2)15(3,9-13(19)20)17-12(18)5-4-8-16-14(21)11-6-7-11/h10-11H,4-9H2,1-3H3,(H,16,21)(H,17,18)(H,19,20). The topological polar surface area (TPSA) is 95.5 Å². The van der Waals surface area contributed by atoms with Gasteiger partial charge < -0.3 is 15.7 Å².